The Labute approximate surface area is 108 Å². The normalized spacial score (nSPS) is 23.6. The highest BCUT2D eigenvalue weighted by atomic mass is 16.2. The third kappa shape index (κ3) is 3.45. The van der Waals surface area contributed by atoms with Crippen LogP contribution in [0.15, 0.2) is 0 Å². The molecule has 1 unspecified atom stereocenters. The van der Waals surface area contributed by atoms with E-state index in [-0.39, 0.29) is 24.3 Å². The number of hydrogen-bond donors (Lipinski definition) is 1. The van der Waals surface area contributed by atoms with Crippen molar-refractivity contribution in [3.05, 3.63) is 0 Å². The first-order chi connectivity index (χ1) is 8.66. The van der Waals surface area contributed by atoms with E-state index in [2.05, 4.69) is 10.2 Å². The van der Waals surface area contributed by atoms with Crippen LogP contribution in [0, 0.1) is 5.92 Å². The van der Waals surface area contributed by atoms with Crippen molar-refractivity contribution in [2.24, 2.45) is 5.92 Å². The quantitative estimate of drug-likeness (QED) is 0.774. The third-order valence-electron chi connectivity index (χ3n) is 3.73. The van der Waals surface area contributed by atoms with Gasteiger partial charge in [0, 0.05) is 25.6 Å². The Morgan fingerprint density at radius 1 is 1.28 bits per heavy atom. The van der Waals surface area contributed by atoms with E-state index in [0.717, 1.165) is 26.1 Å². The van der Waals surface area contributed by atoms with Gasteiger partial charge in [-0.05, 0) is 32.4 Å². The molecule has 2 heterocycles. The predicted octanol–water partition coefficient (Wildman–Crippen LogP) is 0.0668. The molecule has 2 aliphatic rings. The van der Waals surface area contributed by atoms with E-state index < -0.39 is 0 Å². The molecule has 5 nitrogen and oxygen atoms in total. The van der Waals surface area contributed by atoms with Crippen molar-refractivity contribution < 1.29 is 9.59 Å². The zero-order chi connectivity index (χ0) is 13.0. The molecule has 1 N–H and O–H groups in total. The number of likely N-dealkylation sites (tertiary alicyclic amines) is 1. The van der Waals surface area contributed by atoms with Crippen molar-refractivity contribution in [3.8, 4) is 0 Å². The summed E-state index contributed by atoms with van der Waals surface area (Å²) < 4.78 is 0. The number of hydrogen-bond acceptors (Lipinski definition) is 3. The summed E-state index contributed by atoms with van der Waals surface area (Å²) >= 11 is 0. The van der Waals surface area contributed by atoms with Crippen LogP contribution < -0.4 is 5.32 Å². The zero-order valence-corrected chi connectivity index (χ0v) is 11.2. The molecule has 0 aromatic heterocycles. The molecule has 0 aliphatic carbocycles. The average Bonchev–Trinajstić information content (AvgIpc) is 2.75. The van der Waals surface area contributed by atoms with Crippen LogP contribution in [0.3, 0.4) is 0 Å². The minimum atomic E-state index is -0.0331. The van der Waals surface area contributed by atoms with Gasteiger partial charge in [0.1, 0.15) is 0 Å². The number of amides is 2. The van der Waals surface area contributed by atoms with Crippen LogP contribution in [0.4, 0.5) is 0 Å². The average molecular weight is 253 g/mol. The summed E-state index contributed by atoms with van der Waals surface area (Å²) in [5.74, 6) is 0.0853. The van der Waals surface area contributed by atoms with Crippen molar-refractivity contribution in [1.29, 1.82) is 0 Å². The molecule has 0 aromatic rings. The molecule has 0 spiro atoms. The zero-order valence-electron chi connectivity index (χ0n) is 11.2. The first-order valence-corrected chi connectivity index (χ1v) is 6.94. The highest BCUT2D eigenvalue weighted by molar-refractivity contribution is 5.86. The molecule has 5 heteroatoms. The summed E-state index contributed by atoms with van der Waals surface area (Å²) in [6.07, 6.45) is 3.34. The van der Waals surface area contributed by atoms with Crippen LogP contribution in [-0.2, 0) is 9.59 Å². The van der Waals surface area contributed by atoms with Crippen LogP contribution >= 0.6 is 0 Å². The molecule has 0 radical (unpaired) electrons. The van der Waals surface area contributed by atoms with E-state index in [0.29, 0.717) is 13.1 Å². The van der Waals surface area contributed by atoms with E-state index in [4.69, 9.17) is 0 Å². The van der Waals surface area contributed by atoms with Gasteiger partial charge in [-0.15, -0.1) is 0 Å². The molecule has 2 fully saturated rings. The molecule has 0 saturated carbocycles. The van der Waals surface area contributed by atoms with Crippen LogP contribution in [0.25, 0.3) is 0 Å². The van der Waals surface area contributed by atoms with Gasteiger partial charge in [0.15, 0.2) is 0 Å². The molecule has 2 rings (SSSR count). The highest BCUT2D eigenvalue weighted by Gasteiger charge is 2.26. The van der Waals surface area contributed by atoms with Gasteiger partial charge in [-0.25, -0.2) is 0 Å². The number of carbonyl (C=O) groups excluding carboxylic acids is 2. The van der Waals surface area contributed by atoms with Gasteiger partial charge in [-0.1, -0.05) is 6.92 Å². The van der Waals surface area contributed by atoms with Crippen molar-refractivity contribution in [2.45, 2.75) is 26.2 Å². The Hall–Kier alpha value is -1.10. The van der Waals surface area contributed by atoms with Gasteiger partial charge in [0.05, 0.1) is 6.54 Å². The Balaban J connectivity index is 1.86. The fraction of sp³-hybridized carbons (Fsp3) is 0.846. The second-order valence-corrected chi connectivity index (χ2v) is 5.37. The second kappa shape index (κ2) is 6.18. The highest BCUT2D eigenvalue weighted by Crippen LogP contribution is 2.12. The summed E-state index contributed by atoms with van der Waals surface area (Å²) in [5, 5.41) is 2.80. The summed E-state index contributed by atoms with van der Waals surface area (Å²) in [7, 11) is 0. The summed E-state index contributed by atoms with van der Waals surface area (Å²) in [5.41, 5.74) is 0. The molecule has 18 heavy (non-hydrogen) atoms. The minimum absolute atomic E-state index is 0.00556. The third-order valence-corrected chi connectivity index (χ3v) is 3.73. The molecule has 2 saturated heterocycles. The number of carbonyl (C=O) groups is 2. The SMILES string of the molecule is CC(CN1CCCC1)C(=O)N1CCCNC(=O)C1. The van der Waals surface area contributed by atoms with Gasteiger partial charge >= 0.3 is 0 Å². The number of nitrogens with zero attached hydrogens (tertiary/aromatic N) is 2. The second-order valence-electron chi connectivity index (χ2n) is 5.37. The summed E-state index contributed by atoms with van der Waals surface area (Å²) in [4.78, 5) is 27.8. The standard InChI is InChI=1S/C13H23N3O2/c1-11(9-15-6-2-3-7-15)13(18)16-8-4-5-14-12(17)10-16/h11H,2-10H2,1H3,(H,14,17). The number of nitrogens with one attached hydrogen (secondary N) is 1. The van der Waals surface area contributed by atoms with Gasteiger partial charge < -0.3 is 15.1 Å². The largest absolute Gasteiger partial charge is 0.354 e. The van der Waals surface area contributed by atoms with Gasteiger partial charge in [-0.3, -0.25) is 9.59 Å². The van der Waals surface area contributed by atoms with Crippen molar-refractivity contribution in [3.63, 3.8) is 0 Å². The van der Waals surface area contributed by atoms with Crippen LogP contribution in [0.1, 0.15) is 26.2 Å². The topological polar surface area (TPSA) is 52.7 Å². The van der Waals surface area contributed by atoms with Gasteiger partial charge in [0.25, 0.3) is 0 Å². The van der Waals surface area contributed by atoms with E-state index in [9.17, 15) is 9.59 Å². The van der Waals surface area contributed by atoms with Crippen molar-refractivity contribution >= 4 is 11.8 Å². The lowest BCUT2D eigenvalue weighted by Crippen LogP contribution is -2.43. The molecular formula is C13H23N3O2. The molecule has 2 aliphatic heterocycles. The molecular weight excluding hydrogens is 230 g/mol. The molecule has 102 valence electrons. The maximum Gasteiger partial charge on any atom is 0.239 e. The Bertz CT molecular complexity index is 313. The lowest BCUT2D eigenvalue weighted by atomic mass is 10.1. The Morgan fingerprint density at radius 2 is 2.00 bits per heavy atom. The van der Waals surface area contributed by atoms with Crippen LogP contribution in [0.5, 0.6) is 0 Å². The Kier molecular flexibility index (Phi) is 4.58. The van der Waals surface area contributed by atoms with Crippen molar-refractivity contribution in [2.75, 3.05) is 39.3 Å². The fourth-order valence-corrected chi connectivity index (χ4v) is 2.74. The lowest BCUT2D eigenvalue weighted by Gasteiger charge is -2.26. The fourth-order valence-electron chi connectivity index (χ4n) is 2.74. The monoisotopic (exact) mass is 253 g/mol. The first-order valence-electron chi connectivity index (χ1n) is 6.94. The lowest BCUT2D eigenvalue weighted by molar-refractivity contribution is -0.138. The summed E-state index contributed by atoms with van der Waals surface area (Å²) in [6.45, 7) is 6.63. The van der Waals surface area contributed by atoms with Gasteiger partial charge in [0.2, 0.25) is 11.8 Å². The molecule has 1 atom stereocenters. The van der Waals surface area contributed by atoms with E-state index in [1.165, 1.54) is 12.8 Å². The number of rotatable bonds is 3. The maximum absolute atomic E-state index is 12.3. The van der Waals surface area contributed by atoms with Crippen LogP contribution in [0.2, 0.25) is 0 Å². The van der Waals surface area contributed by atoms with Crippen molar-refractivity contribution in [1.82, 2.24) is 15.1 Å². The minimum Gasteiger partial charge on any atom is -0.354 e. The molecule has 0 aromatic carbocycles. The Morgan fingerprint density at radius 3 is 2.72 bits per heavy atom. The van der Waals surface area contributed by atoms with E-state index in [1.54, 1.807) is 4.90 Å². The predicted molar refractivity (Wildman–Crippen MR) is 69.0 cm³/mol. The smallest absolute Gasteiger partial charge is 0.239 e. The van der Waals surface area contributed by atoms with E-state index >= 15 is 0 Å². The molecule has 2 amide bonds. The molecule has 0 bridgehead atoms. The first kappa shape index (κ1) is 13.3. The van der Waals surface area contributed by atoms with E-state index in [1.807, 2.05) is 6.92 Å². The van der Waals surface area contributed by atoms with Crippen LogP contribution in [-0.4, -0.2) is 60.9 Å². The maximum atomic E-state index is 12.3. The van der Waals surface area contributed by atoms with Gasteiger partial charge in [-0.2, -0.15) is 0 Å². The summed E-state index contributed by atoms with van der Waals surface area (Å²) in [6, 6.07) is 0.